The molecule has 0 aromatic heterocycles. The van der Waals surface area contributed by atoms with Gasteiger partial charge < -0.3 is 14.6 Å². The summed E-state index contributed by atoms with van der Waals surface area (Å²) in [7, 11) is 2.61. The van der Waals surface area contributed by atoms with Gasteiger partial charge in [0.25, 0.3) is 0 Å². The van der Waals surface area contributed by atoms with Crippen LogP contribution < -0.4 is 4.74 Å². The summed E-state index contributed by atoms with van der Waals surface area (Å²) in [6.45, 7) is 1.23. The molecule has 0 fully saturated rings. The van der Waals surface area contributed by atoms with Crippen LogP contribution in [0.2, 0.25) is 0 Å². The van der Waals surface area contributed by atoms with Gasteiger partial charge >= 0.3 is 5.97 Å². The summed E-state index contributed by atoms with van der Waals surface area (Å²) in [5.74, 6) is -3.61. The SMILES string of the molecule is COC(=O)C(C(C)=O)C1CC(=O)C(c2cc(Br)ccc2OC)=C1O. The highest BCUT2D eigenvalue weighted by Crippen LogP contribution is 2.42. The second kappa shape index (κ2) is 7.17. The molecule has 1 aliphatic rings. The number of allylic oxidation sites excluding steroid dienone is 2. The predicted octanol–water partition coefficient (Wildman–Crippen LogP) is 2.69. The fourth-order valence-corrected chi connectivity index (χ4v) is 3.27. The van der Waals surface area contributed by atoms with Gasteiger partial charge in [-0.2, -0.15) is 0 Å². The number of esters is 1. The number of methoxy groups -OCH3 is 2. The van der Waals surface area contributed by atoms with Crippen LogP contribution in [0.5, 0.6) is 5.75 Å². The second-order valence-electron chi connectivity index (χ2n) is 5.45. The third-order valence-corrected chi connectivity index (χ3v) is 4.51. The van der Waals surface area contributed by atoms with E-state index in [0.29, 0.717) is 15.8 Å². The Morgan fingerprint density at radius 3 is 2.54 bits per heavy atom. The van der Waals surface area contributed by atoms with Crippen LogP contribution in [0.15, 0.2) is 28.4 Å². The van der Waals surface area contributed by atoms with E-state index in [2.05, 4.69) is 20.7 Å². The average molecular weight is 397 g/mol. The van der Waals surface area contributed by atoms with Crippen LogP contribution >= 0.6 is 15.9 Å². The molecule has 0 saturated carbocycles. The van der Waals surface area contributed by atoms with Crippen molar-refractivity contribution in [1.82, 2.24) is 0 Å². The van der Waals surface area contributed by atoms with Gasteiger partial charge in [-0.3, -0.25) is 14.4 Å². The molecule has 1 aromatic carbocycles. The van der Waals surface area contributed by atoms with Gasteiger partial charge in [-0.05, 0) is 25.1 Å². The van der Waals surface area contributed by atoms with E-state index in [1.165, 1.54) is 14.0 Å². The Balaban J connectivity index is 2.57. The van der Waals surface area contributed by atoms with Crippen molar-refractivity contribution in [1.29, 1.82) is 0 Å². The van der Waals surface area contributed by atoms with E-state index in [1.807, 2.05) is 0 Å². The van der Waals surface area contributed by atoms with E-state index in [-0.39, 0.29) is 23.5 Å². The zero-order valence-corrected chi connectivity index (χ0v) is 15.0. The maximum Gasteiger partial charge on any atom is 0.316 e. The van der Waals surface area contributed by atoms with Crippen LogP contribution in [0.1, 0.15) is 18.9 Å². The number of hydrogen-bond donors (Lipinski definition) is 1. The quantitative estimate of drug-likeness (QED) is 0.607. The van der Waals surface area contributed by atoms with E-state index < -0.39 is 23.6 Å². The lowest BCUT2D eigenvalue weighted by atomic mass is 9.87. The highest BCUT2D eigenvalue weighted by atomic mass is 79.9. The lowest BCUT2D eigenvalue weighted by molar-refractivity contribution is -0.151. The number of halogens is 1. The van der Waals surface area contributed by atoms with Crippen molar-refractivity contribution in [3.8, 4) is 5.75 Å². The predicted molar refractivity (Wildman–Crippen MR) is 89.5 cm³/mol. The molecule has 2 unspecified atom stereocenters. The molecular formula is C17H17BrO6. The number of rotatable bonds is 5. The number of ketones is 2. The number of Topliss-reactive ketones (excluding diaryl/α,β-unsaturated/α-hetero) is 2. The third-order valence-electron chi connectivity index (χ3n) is 4.02. The topological polar surface area (TPSA) is 89.9 Å². The molecule has 6 nitrogen and oxygen atoms in total. The maximum atomic E-state index is 12.5. The first-order valence-corrected chi connectivity index (χ1v) is 7.99. The van der Waals surface area contributed by atoms with Crippen LogP contribution in [-0.2, 0) is 19.1 Å². The average Bonchev–Trinajstić information content (AvgIpc) is 2.81. The summed E-state index contributed by atoms with van der Waals surface area (Å²) in [4.78, 5) is 36.2. The fourth-order valence-electron chi connectivity index (χ4n) is 2.91. The van der Waals surface area contributed by atoms with Gasteiger partial charge in [0.2, 0.25) is 0 Å². The Labute approximate surface area is 147 Å². The van der Waals surface area contributed by atoms with Crippen molar-refractivity contribution in [3.63, 3.8) is 0 Å². The van der Waals surface area contributed by atoms with Crippen molar-refractivity contribution in [2.75, 3.05) is 14.2 Å². The molecule has 1 N–H and O–H groups in total. The largest absolute Gasteiger partial charge is 0.511 e. The smallest absolute Gasteiger partial charge is 0.316 e. The van der Waals surface area contributed by atoms with Crippen LogP contribution in [-0.4, -0.2) is 36.9 Å². The molecule has 1 aromatic rings. The number of carbonyl (C=O) groups is 3. The Morgan fingerprint density at radius 2 is 2.00 bits per heavy atom. The van der Waals surface area contributed by atoms with Crippen LogP contribution in [0.25, 0.3) is 5.57 Å². The summed E-state index contributed by atoms with van der Waals surface area (Å²) in [6, 6.07) is 5.04. The van der Waals surface area contributed by atoms with Crippen molar-refractivity contribution >= 4 is 39.0 Å². The minimum absolute atomic E-state index is 0.0632. The van der Waals surface area contributed by atoms with Gasteiger partial charge in [0.1, 0.15) is 23.2 Å². The first-order chi connectivity index (χ1) is 11.3. The van der Waals surface area contributed by atoms with Gasteiger partial charge in [-0.1, -0.05) is 15.9 Å². The van der Waals surface area contributed by atoms with Crippen molar-refractivity contribution in [3.05, 3.63) is 34.0 Å². The molecule has 0 amide bonds. The number of aliphatic hydroxyl groups is 1. The number of hydrogen-bond acceptors (Lipinski definition) is 6. The Morgan fingerprint density at radius 1 is 1.33 bits per heavy atom. The van der Waals surface area contributed by atoms with Gasteiger partial charge in [-0.25, -0.2) is 0 Å². The molecule has 0 radical (unpaired) electrons. The molecule has 0 bridgehead atoms. The van der Waals surface area contributed by atoms with Gasteiger partial charge in [-0.15, -0.1) is 0 Å². The first kappa shape index (κ1) is 18.2. The van der Waals surface area contributed by atoms with Crippen molar-refractivity contribution in [2.45, 2.75) is 13.3 Å². The summed E-state index contributed by atoms with van der Waals surface area (Å²) >= 11 is 3.31. The zero-order valence-electron chi connectivity index (χ0n) is 13.5. The fraction of sp³-hybridized carbons (Fsp3) is 0.353. The Kier molecular flexibility index (Phi) is 5.43. The molecule has 0 heterocycles. The Hall–Kier alpha value is -2.15. The van der Waals surface area contributed by atoms with E-state index in [1.54, 1.807) is 18.2 Å². The molecule has 2 atom stereocenters. The second-order valence-corrected chi connectivity index (χ2v) is 6.37. The van der Waals surface area contributed by atoms with Gasteiger partial charge in [0, 0.05) is 22.4 Å². The molecule has 2 rings (SSSR count). The minimum atomic E-state index is -1.21. The van der Waals surface area contributed by atoms with Gasteiger partial charge in [0.15, 0.2) is 5.78 Å². The summed E-state index contributed by atoms with van der Waals surface area (Å²) in [5, 5.41) is 10.6. The normalized spacial score (nSPS) is 18.5. The zero-order chi connectivity index (χ0) is 18.0. The van der Waals surface area contributed by atoms with E-state index in [4.69, 9.17) is 4.74 Å². The molecule has 1 aliphatic carbocycles. The van der Waals surface area contributed by atoms with Crippen LogP contribution in [0.3, 0.4) is 0 Å². The van der Waals surface area contributed by atoms with Crippen molar-refractivity contribution < 1.29 is 29.0 Å². The first-order valence-electron chi connectivity index (χ1n) is 7.20. The molecule has 0 saturated heterocycles. The van der Waals surface area contributed by atoms with Crippen LogP contribution in [0, 0.1) is 11.8 Å². The molecule has 128 valence electrons. The minimum Gasteiger partial charge on any atom is -0.511 e. The molecule has 7 heteroatoms. The highest BCUT2D eigenvalue weighted by Gasteiger charge is 2.44. The maximum absolute atomic E-state index is 12.5. The molecule has 0 spiro atoms. The Bertz CT molecular complexity index is 737. The number of aliphatic hydroxyl groups excluding tert-OH is 1. The molecule has 24 heavy (non-hydrogen) atoms. The summed E-state index contributed by atoms with van der Waals surface area (Å²) in [6.07, 6.45) is -0.143. The van der Waals surface area contributed by atoms with Crippen molar-refractivity contribution in [2.24, 2.45) is 11.8 Å². The summed E-state index contributed by atoms with van der Waals surface area (Å²) in [5.41, 5.74) is 0.470. The highest BCUT2D eigenvalue weighted by molar-refractivity contribution is 9.10. The van der Waals surface area contributed by atoms with Crippen LogP contribution in [0.4, 0.5) is 0 Å². The van der Waals surface area contributed by atoms with Gasteiger partial charge in [0.05, 0.1) is 19.8 Å². The standard InChI is InChI=1S/C17H17BrO6/c1-8(19)14(17(22)24-3)11-7-12(20)15(16(11)21)10-6-9(18)4-5-13(10)23-2/h4-6,11,14,21H,7H2,1-3H3. The van der Waals surface area contributed by atoms with E-state index in [0.717, 1.165) is 7.11 Å². The number of carbonyl (C=O) groups excluding carboxylic acids is 3. The lowest BCUT2D eigenvalue weighted by Crippen LogP contribution is -2.31. The number of benzene rings is 1. The third kappa shape index (κ3) is 3.21. The summed E-state index contributed by atoms with van der Waals surface area (Å²) < 4.78 is 10.6. The number of ether oxygens (including phenoxy) is 2. The molecule has 0 aliphatic heterocycles. The lowest BCUT2D eigenvalue weighted by Gasteiger charge is -2.18. The van der Waals surface area contributed by atoms with E-state index in [9.17, 15) is 19.5 Å². The van der Waals surface area contributed by atoms with E-state index >= 15 is 0 Å². The monoisotopic (exact) mass is 396 g/mol. The molecular weight excluding hydrogens is 380 g/mol.